The van der Waals surface area contributed by atoms with E-state index in [1.165, 1.54) is 28.2 Å². The van der Waals surface area contributed by atoms with Crippen molar-refractivity contribution in [1.82, 2.24) is 15.3 Å². The van der Waals surface area contributed by atoms with Gasteiger partial charge >= 0.3 is 0 Å². The van der Waals surface area contributed by atoms with Crippen LogP contribution in [0.15, 0.2) is 35.1 Å². The maximum atomic E-state index is 12.8. The van der Waals surface area contributed by atoms with E-state index in [4.69, 9.17) is 13.9 Å². The maximum absolute atomic E-state index is 12.8. The summed E-state index contributed by atoms with van der Waals surface area (Å²) in [5.74, 6) is 0.628. The summed E-state index contributed by atoms with van der Waals surface area (Å²) in [6.45, 7) is 5.16. The molecule has 1 fully saturated rings. The number of hydrogen-bond donors (Lipinski definition) is 1. The fraction of sp³-hybridized carbons (Fsp3) is 0.417. The molecule has 0 atom stereocenters. The summed E-state index contributed by atoms with van der Waals surface area (Å²) in [6.07, 6.45) is 6.53. The fourth-order valence-corrected chi connectivity index (χ4v) is 4.86. The molecule has 0 aliphatic carbocycles. The molecule has 0 bridgehead atoms. The quantitative estimate of drug-likeness (QED) is 0.433. The van der Waals surface area contributed by atoms with Gasteiger partial charge in [-0.1, -0.05) is 6.07 Å². The number of furan rings is 1. The van der Waals surface area contributed by atoms with Crippen LogP contribution in [0.4, 0.5) is 0 Å². The van der Waals surface area contributed by atoms with E-state index in [1.54, 1.807) is 18.4 Å². The Kier molecular flexibility index (Phi) is 7.98. The fourth-order valence-electron chi connectivity index (χ4n) is 3.82. The summed E-state index contributed by atoms with van der Waals surface area (Å²) < 4.78 is 16.0. The van der Waals surface area contributed by atoms with Crippen molar-refractivity contribution in [3.8, 4) is 11.5 Å². The zero-order chi connectivity index (χ0) is 23.0. The molecular formula is C24H27N3O5S. The predicted octanol–water partition coefficient (Wildman–Crippen LogP) is 3.72. The number of fused-ring (bicyclic) bond motifs is 1. The Morgan fingerprint density at radius 1 is 1.27 bits per heavy atom. The number of Topliss-reactive ketones (excluding diaryl/α,β-unsaturated/α-hetero) is 1. The van der Waals surface area contributed by atoms with Gasteiger partial charge in [0.1, 0.15) is 15.6 Å². The van der Waals surface area contributed by atoms with Gasteiger partial charge in [0, 0.05) is 37.4 Å². The second-order valence-corrected chi connectivity index (χ2v) is 9.02. The Morgan fingerprint density at radius 2 is 2.12 bits per heavy atom. The van der Waals surface area contributed by atoms with Gasteiger partial charge in [0.25, 0.3) is 0 Å². The van der Waals surface area contributed by atoms with Crippen LogP contribution in [-0.2, 0) is 33.8 Å². The van der Waals surface area contributed by atoms with Gasteiger partial charge in [0.05, 0.1) is 26.0 Å². The number of ether oxygens (including phenoxy) is 2. The molecular weight excluding hydrogens is 442 g/mol. The minimum Gasteiger partial charge on any atom is -0.463 e. The van der Waals surface area contributed by atoms with Crippen LogP contribution in [0.1, 0.15) is 44.3 Å². The maximum Gasteiger partial charge on any atom is 0.207 e. The van der Waals surface area contributed by atoms with E-state index in [-0.39, 0.29) is 11.7 Å². The lowest BCUT2D eigenvalue weighted by atomic mass is 9.94. The Bertz CT molecular complexity index is 1070. The number of aromatic nitrogens is 2. The van der Waals surface area contributed by atoms with Gasteiger partial charge in [0.15, 0.2) is 11.5 Å². The molecule has 1 amide bonds. The van der Waals surface area contributed by atoms with Crippen molar-refractivity contribution in [3.63, 3.8) is 0 Å². The molecule has 174 valence electrons. The van der Waals surface area contributed by atoms with E-state index < -0.39 is 0 Å². The topological polar surface area (TPSA) is 104 Å². The van der Waals surface area contributed by atoms with Crippen molar-refractivity contribution in [2.45, 2.75) is 39.3 Å². The average molecular weight is 470 g/mol. The summed E-state index contributed by atoms with van der Waals surface area (Å²) in [4.78, 5) is 32.6. The number of carbonyl (C=O) groups is 2. The third-order valence-electron chi connectivity index (χ3n) is 5.52. The second-order valence-electron chi connectivity index (χ2n) is 7.93. The van der Waals surface area contributed by atoms with Crippen molar-refractivity contribution >= 4 is 23.5 Å². The minimum absolute atomic E-state index is 0.0326. The second kappa shape index (κ2) is 11.3. The van der Waals surface area contributed by atoms with Crippen molar-refractivity contribution < 1.29 is 23.5 Å². The number of nitrogens with zero attached hydrogens (tertiary/aromatic N) is 2. The molecule has 0 saturated carbocycles. The van der Waals surface area contributed by atoms with Crippen LogP contribution in [-0.4, -0.2) is 42.0 Å². The van der Waals surface area contributed by atoms with E-state index >= 15 is 0 Å². The molecule has 0 spiro atoms. The Balaban J connectivity index is 0.000000196. The number of ketones is 1. The van der Waals surface area contributed by atoms with Gasteiger partial charge in [-0.3, -0.25) is 14.6 Å². The molecule has 2 aliphatic heterocycles. The first kappa shape index (κ1) is 23.3. The predicted molar refractivity (Wildman–Crippen MR) is 123 cm³/mol. The van der Waals surface area contributed by atoms with E-state index in [0.29, 0.717) is 47.5 Å². The van der Waals surface area contributed by atoms with Gasteiger partial charge < -0.3 is 19.2 Å². The Hall–Kier alpha value is -2.88. The average Bonchev–Trinajstić information content (AvgIpc) is 3.53. The molecule has 33 heavy (non-hydrogen) atoms. The normalized spacial score (nSPS) is 15.8. The summed E-state index contributed by atoms with van der Waals surface area (Å²) in [7, 11) is 0. The van der Waals surface area contributed by atoms with Crippen LogP contribution < -0.4 is 5.32 Å². The van der Waals surface area contributed by atoms with Gasteiger partial charge in [-0.2, -0.15) is 0 Å². The molecule has 5 rings (SSSR count). The van der Waals surface area contributed by atoms with Crippen LogP contribution in [0.2, 0.25) is 0 Å². The molecule has 8 nitrogen and oxygen atoms in total. The molecule has 3 aromatic heterocycles. The highest BCUT2D eigenvalue weighted by Gasteiger charge is 2.28. The molecule has 9 heteroatoms. The number of carbonyl (C=O) groups excluding carboxylic acids is 2. The Labute approximate surface area is 196 Å². The van der Waals surface area contributed by atoms with Crippen LogP contribution >= 0.6 is 11.3 Å². The third-order valence-corrected chi connectivity index (χ3v) is 6.59. The van der Waals surface area contributed by atoms with Gasteiger partial charge in [-0.15, -0.1) is 11.3 Å². The zero-order valence-electron chi connectivity index (χ0n) is 18.5. The smallest absolute Gasteiger partial charge is 0.207 e. The largest absolute Gasteiger partial charge is 0.463 e. The molecule has 5 heterocycles. The third kappa shape index (κ3) is 5.93. The van der Waals surface area contributed by atoms with Crippen molar-refractivity contribution in [2.24, 2.45) is 5.92 Å². The molecule has 0 radical (unpaired) electrons. The highest BCUT2D eigenvalue weighted by Crippen LogP contribution is 2.32. The lowest BCUT2D eigenvalue weighted by molar-refractivity contribution is -0.109. The number of pyridine rings is 1. The Morgan fingerprint density at radius 3 is 2.88 bits per heavy atom. The summed E-state index contributed by atoms with van der Waals surface area (Å²) in [5.41, 5.74) is 4.25. The first-order chi connectivity index (χ1) is 16.2. The number of aryl methyl sites for hydroxylation is 1. The minimum atomic E-state index is -0.0326. The SMILES string of the molecule is Cc1cnc2c(c1)COCC2.O=CNCc1nc(-c2ccco2)c(C(=O)C2CCOCC2)s1. The lowest BCUT2D eigenvalue weighted by Crippen LogP contribution is -2.23. The standard InChI is InChI=1S/C15H16N2O4S.C9H11NO/c18-9-16-8-12-17-13(11-2-1-5-21-11)15(22-12)14(19)10-3-6-20-7-4-10;1-7-4-8-6-11-3-2-9(8)10-5-7/h1-2,5,9-10H,3-4,6-8H2,(H,16,18);4-5H,2-3,6H2,1H3. The lowest BCUT2D eigenvalue weighted by Gasteiger charge is -2.20. The number of amides is 1. The van der Waals surface area contributed by atoms with E-state index in [0.717, 1.165) is 32.5 Å². The van der Waals surface area contributed by atoms with Gasteiger partial charge in [-0.05, 0) is 43.0 Å². The van der Waals surface area contributed by atoms with Crippen molar-refractivity contribution in [3.05, 3.63) is 57.4 Å². The number of hydrogen-bond acceptors (Lipinski definition) is 8. The van der Waals surface area contributed by atoms with Crippen LogP contribution in [0, 0.1) is 12.8 Å². The number of rotatable bonds is 6. The van der Waals surface area contributed by atoms with Gasteiger partial charge in [0.2, 0.25) is 6.41 Å². The molecule has 1 saturated heterocycles. The molecule has 1 N–H and O–H groups in total. The van der Waals surface area contributed by atoms with E-state index in [9.17, 15) is 9.59 Å². The first-order valence-electron chi connectivity index (χ1n) is 11.0. The molecule has 0 aromatic carbocycles. The first-order valence-corrected chi connectivity index (χ1v) is 11.8. The summed E-state index contributed by atoms with van der Waals surface area (Å²) >= 11 is 1.32. The van der Waals surface area contributed by atoms with Crippen molar-refractivity contribution in [2.75, 3.05) is 19.8 Å². The van der Waals surface area contributed by atoms with Crippen LogP contribution in [0.3, 0.4) is 0 Å². The number of thiazole rings is 1. The number of nitrogens with one attached hydrogen (secondary N) is 1. The monoisotopic (exact) mass is 469 g/mol. The molecule has 2 aliphatic rings. The van der Waals surface area contributed by atoms with E-state index in [2.05, 4.69) is 28.3 Å². The summed E-state index contributed by atoms with van der Waals surface area (Å²) in [5, 5.41) is 3.26. The van der Waals surface area contributed by atoms with E-state index in [1.807, 2.05) is 6.20 Å². The van der Waals surface area contributed by atoms with Gasteiger partial charge in [-0.25, -0.2) is 4.98 Å². The highest BCUT2D eigenvalue weighted by molar-refractivity contribution is 7.14. The van der Waals surface area contributed by atoms with Crippen LogP contribution in [0.25, 0.3) is 11.5 Å². The highest BCUT2D eigenvalue weighted by atomic mass is 32.1. The molecule has 0 unspecified atom stereocenters. The zero-order valence-corrected chi connectivity index (χ0v) is 19.4. The van der Waals surface area contributed by atoms with Crippen molar-refractivity contribution in [1.29, 1.82) is 0 Å². The molecule has 3 aromatic rings. The van der Waals surface area contributed by atoms with Crippen LogP contribution in [0.5, 0.6) is 0 Å². The summed E-state index contributed by atoms with van der Waals surface area (Å²) in [6, 6.07) is 5.70.